The van der Waals surface area contributed by atoms with E-state index in [9.17, 15) is 4.79 Å². The van der Waals surface area contributed by atoms with Gasteiger partial charge in [0.1, 0.15) is 12.0 Å². The molecule has 1 aliphatic rings. The minimum atomic E-state index is -0.0648. The number of amides is 1. The molecule has 0 N–H and O–H groups in total. The Balaban J connectivity index is 1.87. The van der Waals surface area contributed by atoms with Gasteiger partial charge in [0.05, 0.1) is 6.54 Å². The molecular formula is C23H23N4O+. The molecule has 140 valence electrons. The van der Waals surface area contributed by atoms with Crippen LogP contribution in [0.25, 0.3) is 5.70 Å². The second-order valence-electron chi connectivity index (χ2n) is 6.91. The van der Waals surface area contributed by atoms with E-state index in [1.54, 1.807) is 29.6 Å². The summed E-state index contributed by atoms with van der Waals surface area (Å²) in [5, 5.41) is 0. The number of hydrogen-bond donors (Lipinski definition) is 0. The molecule has 1 atom stereocenters. The minimum Gasteiger partial charge on any atom is -0.245 e. The highest BCUT2D eigenvalue weighted by atomic mass is 16.2. The molecule has 3 aromatic rings. The Morgan fingerprint density at radius 3 is 2.39 bits per heavy atom. The summed E-state index contributed by atoms with van der Waals surface area (Å²) >= 11 is 0. The van der Waals surface area contributed by atoms with Gasteiger partial charge in [-0.25, -0.2) is 19.3 Å². The van der Waals surface area contributed by atoms with Crippen LogP contribution >= 0.6 is 0 Å². The van der Waals surface area contributed by atoms with Crippen LogP contribution in [-0.2, 0) is 6.42 Å². The molecule has 0 bridgehead atoms. The predicted octanol–water partition coefficient (Wildman–Crippen LogP) is 4.73. The van der Waals surface area contributed by atoms with Crippen molar-refractivity contribution < 1.29 is 9.28 Å². The average Bonchev–Trinajstić information content (AvgIpc) is 3.39. The lowest BCUT2D eigenvalue weighted by molar-refractivity contribution is -0.669. The number of imidazole rings is 1. The number of quaternary nitrogens is 1. The fourth-order valence-corrected chi connectivity index (χ4v) is 3.77. The quantitative estimate of drug-likeness (QED) is 0.609. The van der Waals surface area contributed by atoms with Crippen LogP contribution in [0.5, 0.6) is 0 Å². The van der Waals surface area contributed by atoms with Crippen molar-refractivity contribution >= 4 is 18.1 Å². The Labute approximate surface area is 164 Å². The standard InChI is InChI=1S/C23H23N4O/c1-2-15-27(23(28)26-14-13-24-17-26)18-25-21(16-19-9-5-3-6-10-19)22(27)20-11-7-4-8-12-20/h3-14,17-18H,2,15-16H2,1H3/q+1. The van der Waals surface area contributed by atoms with Crippen molar-refractivity contribution in [3.05, 3.63) is 96.2 Å². The maximum absolute atomic E-state index is 13.6. The molecule has 2 heterocycles. The summed E-state index contributed by atoms with van der Waals surface area (Å²) in [4.78, 5) is 22.4. The number of nitrogens with zero attached hydrogens (tertiary/aromatic N) is 4. The van der Waals surface area contributed by atoms with Crippen LogP contribution in [0.2, 0.25) is 0 Å². The average molecular weight is 371 g/mol. The van der Waals surface area contributed by atoms with Gasteiger partial charge in [-0.15, -0.1) is 0 Å². The van der Waals surface area contributed by atoms with Gasteiger partial charge in [0.25, 0.3) is 0 Å². The summed E-state index contributed by atoms with van der Waals surface area (Å²) in [6.45, 7) is 2.73. The molecule has 1 aliphatic heterocycles. The van der Waals surface area contributed by atoms with Gasteiger partial charge in [-0.2, -0.15) is 4.48 Å². The SMILES string of the molecule is CCC[N+]1(C(=O)n2ccnc2)C=NC(Cc2ccccc2)=C1c1ccccc1. The number of carbonyl (C=O) groups is 1. The fraction of sp³-hybridized carbons (Fsp3) is 0.174. The highest BCUT2D eigenvalue weighted by molar-refractivity contribution is 5.90. The molecule has 0 fully saturated rings. The van der Waals surface area contributed by atoms with Gasteiger partial charge in [0.15, 0.2) is 5.70 Å². The van der Waals surface area contributed by atoms with E-state index >= 15 is 0 Å². The number of aromatic nitrogens is 2. The molecule has 0 aliphatic carbocycles. The van der Waals surface area contributed by atoms with E-state index in [4.69, 9.17) is 4.99 Å². The molecule has 0 saturated carbocycles. The van der Waals surface area contributed by atoms with E-state index in [1.807, 2.05) is 36.4 Å². The first-order valence-corrected chi connectivity index (χ1v) is 9.53. The molecule has 5 heteroatoms. The highest BCUT2D eigenvalue weighted by Gasteiger charge is 2.46. The van der Waals surface area contributed by atoms with Crippen LogP contribution in [0.15, 0.2) is 90.1 Å². The van der Waals surface area contributed by atoms with Crippen molar-refractivity contribution in [2.24, 2.45) is 4.99 Å². The number of benzene rings is 2. The van der Waals surface area contributed by atoms with Crippen LogP contribution in [0, 0.1) is 0 Å². The Kier molecular flexibility index (Phi) is 5.00. The lowest BCUT2D eigenvalue weighted by atomic mass is 10.0. The van der Waals surface area contributed by atoms with Crippen LogP contribution < -0.4 is 0 Å². The van der Waals surface area contributed by atoms with Crippen LogP contribution in [0.1, 0.15) is 24.5 Å². The maximum atomic E-state index is 13.6. The normalized spacial score (nSPS) is 18.6. The Morgan fingerprint density at radius 1 is 1.04 bits per heavy atom. The van der Waals surface area contributed by atoms with E-state index < -0.39 is 0 Å². The summed E-state index contributed by atoms with van der Waals surface area (Å²) in [7, 11) is 0. The zero-order valence-electron chi connectivity index (χ0n) is 15.9. The molecule has 2 aromatic carbocycles. The van der Waals surface area contributed by atoms with Crippen molar-refractivity contribution in [3.8, 4) is 0 Å². The smallest absolute Gasteiger partial charge is 0.245 e. The Morgan fingerprint density at radius 2 is 1.75 bits per heavy atom. The first-order chi connectivity index (χ1) is 13.7. The van der Waals surface area contributed by atoms with Crippen molar-refractivity contribution in [1.82, 2.24) is 9.55 Å². The Hall–Kier alpha value is -3.31. The van der Waals surface area contributed by atoms with Crippen LogP contribution in [0.3, 0.4) is 0 Å². The van der Waals surface area contributed by atoms with Crippen LogP contribution in [0.4, 0.5) is 4.79 Å². The minimum absolute atomic E-state index is 0.0648. The number of aliphatic imine (C=N–C) groups is 1. The van der Waals surface area contributed by atoms with Crippen molar-refractivity contribution in [3.63, 3.8) is 0 Å². The summed E-state index contributed by atoms with van der Waals surface area (Å²) in [6.07, 6.45) is 8.22. The lowest BCUT2D eigenvalue weighted by Gasteiger charge is -2.29. The number of allylic oxidation sites excluding steroid dienone is 1. The molecule has 1 amide bonds. The summed E-state index contributed by atoms with van der Waals surface area (Å²) in [5.41, 5.74) is 4.08. The largest absolute Gasteiger partial charge is 0.439 e. The van der Waals surface area contributed by atoms with Gasteiger partial charge in [-0.3, -0.25) is 0 Å². The molecule has 28 heavy (non-hydrogen) atoms. The van der Waals surface area contributed by atoms with Gasteiger partial charge in [-0.05, 0) is 24.1 Å². The second kappa shape index (κ2) is 7.74. The van der Waals surface area contributed by atoms with Gasteiger partial charge < -0.3 is 0 Å². The molecule has 0 radical (unpaired) electrons. The summed E-state index contributed by atoms with van der Waals surface area (Å²) in [6, 6.07) is 20.3. The first-order valence-electron chi connectivity index (χ1n) is 9.53. The molecule has 0 spiro atoms. The third kappa shape index (κ3) is 3.21. The third-order valence-corrected chi connectivity index (χ3v) is 4.99. The molecule has 1 unspecified atom stereocenters. The van der Waals surface area contributed by atoms with Crippen LogP contribution in [-0.4, -0.2) is 32.9 Å². The molecule has 0 saturated heterocycles. The van der Waals surface area contributed by atoms with Gasteiger partial charge in [-0.1, -0.05) is 55.5 Å². The lowest BCUT2D eigenvalue weighted by Crippen LogP contribution is -2.51. The van der Waals surface area contributed by atoms with Crippen molar-refractivity contribution in [2.45, 2.75) is 19.8 Å². The maximum Gasteiger partial charge on any atom is 0.439 e. The first kappa shape index (κ1) is 18.1. The second-order valence-corrected chi connectivity index (χ2v) is 6.91. The summed E-state index contributed by atoms with van der Waals surface area (Å²) < 4.78 is 1.62. The number of carbonyl (C=O) groups excluding carboxylic acids is 1. The predicted molar refractivity (Wildman–Crippen MR) is 110 cm³/mol. The number of rotatable bonds is 5. The van der Waals surface area contributed by atoms with Gasteiger partial charge in [0.2, 0.25) is 6.34 Å². The monoisotopic (exact) mass is 371 g/mol. The molecule has 4 rings (SSSR count). The third-order valence-electron chi connectivity index (χ3n) is 4.99. The zero-order valence-corrected chi connectivity index (χ0v) is 15.9. The molecule has 5 nitrogen and oxygen atoms in total. The van der Waals surface area contributed by atoms with Gasteiger partial charge in [0, 0.05) is 24.4 Å². The Bertz CT molecular complexity index is 1010. The van der Waals surface area contributed by atoms with Crippen molar-refractivity contribution in [1.29, 1.82) is 0 Å². The molecule has 1 aromatic heterocycles. The summed E-state index contributed by atoms with van der Waals surface area (Å²) in [5.74, 6) is 0. The van der Waals surface area contributed by atoms with Crippen molar-refractivity contribution in [2.75, 3.05) is 6.54 Å². The van der Waals surface area contributed by atoms with E-state index in [2.05, 4.69) is 36.2 Å². The fourth-order valence-electron chi connectivity index (χ4n) is 3.77. The number of hydrogen-bond acceptors (Lipinski definition) is 3. The highest BCUT2D eigenvalue weighted by Crippen LogP contribution is 2.37. The topological polar surface area (TPSA) is 47.2 Å². The van der Waals surface area contributed by atoms with Gasteiger partial charge >= 0.3 is 6.03 Å². The van der Waals surface area contributed by atoms with E-state index in [0.29, 0.717) is 13.0 Å². The molecular weight excluding hydrogens is 348 g/mol. The van der Waals surface area contributed by atoms with E-state index in [-0.39, 0.29) is 10.5 Å². The zero-order chi connectivity index (χ0) is 19.4. The van der Waals surface area contributed by atoms with E-state index in [1.165, 1.54) is 5.56 Å². The van der Waals surface area contributed by atoms with E-state index in [0.717, 1.165) is 23.4 Å².